The maximum absolute atomic E-state index is 12.0. The van der Waals surface area contributed by atoms with Crippen molar-refractivity contribution in [2.45, 2.75) is 46.1 Å². The number of likely N-dealkylation sites (N-methyl/N-ethyl adjacent to an activating group) is 1. The first-order chi connectivity index (χ1) is 9.97. The van der Waals surface area contributed by atoms with Crippen molar-refractivity contribution < 1.29 is 9.59 Å². The molecular weight excluding hydrogens is 268 g/mol. The van der Waals surface area contributed by atoms with Crippen LogP contribution in [0.1, 0.15) is 40.0 Å². The third-order valence-corrected chi connectivity index (χ3v) is 4.07. The van der Waals surface area contributed by atoms with Crippen LogP contribution in [0.15, 0.2) is 0 Å². The van der Waals surface area contributed by atoms with Gasteiger partial charge in [0.15, 0.2) is 0 Å². The van der Waals surface area contributed by atoms with Crippen LogP contribution in [-0.4, -0.2) is 49.1 Å². The van der Waals surface area contributed by atoms with Crippen molar-refractivity contribution in [3.05, 3.63) is 0 Å². The van der Waals surface area contributed by atoms with Gasteiger partial charge in [-0.3, -0.25) is 15.0 Å². The topological polar surface area (TPSA) is 87.5 Å². The summed E-state index contributed by atoms with van der Waals surface area (Å²) in [5, 5.41) is 5.08. The maximum Gasteiger partial charge on any atom is 0.321 e. The molecule has 0 aromatic heterocycles. The fourth-order valence-corrected chi connectivity index (χ4v) is 2.93. The van der Waals surface area contributed by atoms with Gasteiger partial charge in [0.2, 0.25) is 5.91 Å². The zero-order valence-corrected chi connectivity index (χ0v) is 13.5. The highest BCUT2D eigenvalue weighted by atomic mass is 16.2. The summed E-state index contributed by atoms with van der Waals surface area (Å²) in [6.07, 6.45) is 3.39. The lowest BCUT2D eigenvalue weighted by atomic mass is 10.0. The minimum atomic E-state index is -0.411. The number of urea groups is 1. The molecular formula is C15H30N4O2. The second-order valence-electron chi connectivity index (χ2n) is 6.21. The number of nitrogens with two attached hydrogens (primary N) is 1. The second kappa shape index (κ2) is 9.00. The molecule has 4 N–H and O–H groups in total. The number of amides is 3. The molecule has 0 aromatic carbocycles. The lowest BCUT2D eigenvalue weighted by Gasteiger charge is -2.31. The standard InChI is InChI=1S/C15H30N4O2/c1-4-19(13-7-5-6-12(13)8-16)10-14(20)18-15(21)17-9-11(2)3/h11-13H,4-10,16H2,1-3H3,(H2,17,18,20,21). The fourth-order valence-electron chi connectivity index (χ4n) is 2.93. The number of rotatable bonds is 7. The van der Waals surface area contributed by atoms with Crippen molar-refractivity contribution in [3.63, 3.8) is 0 Å². The van der Waals surface area contributed by atoms with Crippen LogP contribution in [0.3, 0.4) is 0 Å². The monoisotopic (exact) mass is 298 g/mol. The van der Waals surface area contributed by atoms with Crippen molar-refractivity contribution in [1.29, 1.82) is 0 Å². The Bertz CT molecular complexity index is 347. The first kappa shape index (κ1) is 17.9. The van der Waals surface area contributed by atoms with Crippen molar-refractivity contribution in [3.8, 4) is 0 Å². The van der Waals surface area contributed by atoms with Gasteiger partial charge >= 0.3 is 6.03 Å². The quantitative estimate of drug-likeness (QED) is 0.652. The zero-order chi connectivity index (χ0) is 15.8. The Balaban J connectivity index is 2.42. The van der Waals surface area contributed by atoms with Crippen LogP contribution >= 0.6 is 0 Å². The summed E-state index contributed by atoms with van der Waals surface area (Å²) in [6.45, 7) is 8.33. The van der Waals surface area contributed by atoms with E-state index in [2.05, 4.69) is 15.5 Å². The van der Waals surface area contributed by atoms with Gasteiger partial charge in [0.1, 0.15) is 0 Å². The smallest absolute Gasteiger partial charge is 0.321 e. The number of hydrogen-bond acceptors (Lipinski definition) is 4. The molecule has 0 saturated heterocycles. The predicted octanol–water partition coefficient (Wildman–Crippen LogP) is 0.918. The first-order valence-electron chi connectivity index (χ1n) is 7.99. The van der Waals surface area contributed by atoms with E-state index in [1.807, 2.05) is 20.8 Å². The van der Waals surface area contributed by atoms with E-state index in [1.165, 1.54) is 6.42 Å². The molecule has 1 fully saturated rings. The maximum atomic E-state index is 12.0. The number of hydrogen-bond donors (Lipinski definition) is 3. The highest BCUT2D eigenvalue weighted by molar-refractivity contribution is 5.95. The highest BCUT2D eigenvalue weighted by Gasteiger charge is 2.31. The normalized spacial score (nSPS) is 21.8. The highest BCUT2D eigenvalue weighted by Crippen LogP contribution is 2.28. The number of imide groups is 1. The van der Waals surface area contributed by atoms with Gasteiger partial charge in [-0.2, -0.15) is 0 Å². The molecule has 0 spiro atoms. The van der Waals surface area contributed by atoms with Gasteiger partial charge < -0.3 is 11.1 Å². The minimum Gasteiger partial charge on any atom is -0.338 e. The molecule has 3 amide bonds. The van der Waals surface area contributed by atoms with Crippen LogP contribution in [0.5, 0.6) is 0 Å². The van der Waals surface area contributed by atoms with Gasteiger partial charge in [-0.25, -0.2) is 4.79 Å². The SMILES string of the molecule is CCN(CC(=O)NC(=O)NCC(C)C)C1CCCC1CN. The van der Waals surface area contributed by atoms with Crippen molar-refractivity contribution in [2.24, 2.45) is 17.6 Å². The van der Waals surface area contributed by atoms with Gasteiger partial charge in [-0.15, -0.1) is 0 Å². The van der Waals surface area contributed by atoms with Gasteiger partial charge in [0.05, 0.1) is 6.54 Å². The van der Waals surface area contributed by atoms with Crippen LogP contribution in [0.2, 0.25) is 0 Å². The Morgan fingerprint density at radius 3 is 2.62 bits per heavy atom. The van der Waals surface area contributed by atoms with Gasteiger partial charge in [-0.1, -0.05) is 27.2 Å². The molecule has 0 bridgehead atoms. The number of carbonyl (C=O) groups is 2. The summed E-state index contributed by atoms with van der Waals surface area (Å²) >= 11 is 0. The summed E-state index contributed by atoms with van der Waals surface area (Å²) < 4.78 is 0. The Hall–Kier alpha value is -1.14. The van der Waals surface area contributed by atoms with Crippen LogP contribution in [0, 0.1) is 11.8 Å². The molecule has 6 nitrogen and oxygen atoms in total. The van der Waals surface area contributed by atoms with E-state index in [9.17, 15) is 9.59 Å². The molecule has 0 aliphatic heterocycles. The van der Waals surface area contributed by atoms with Crippen LogP contribution in [0.4, 0.5) is 4.79 Å². The number of carbonyl (C=O) groups excluding carboxylic acids is 2. The second-order valence-corrected chi connectivity index (χ2v) is 6.21. The average Bonchev–Trinajstić information content (AvgIpc) is 2.90. The predicted molar refractivity (Wildman–Crippen MR) is 83.8 cm³/mol. The molecule has 2 atom stereocenters. The Morgan fingerprint density at radius 2 is 2.05 bits per heavy atom. The fraction of sp³-hybridized carbons (Fsp3) is 0.867. The van der Waals surface area contributed by atoms with Crippen molar-refractivity contribution in [2.75, 3.05) is 26.2 Å². The van der Waals surface area contributed by atoms with Crippen LogP contribution in [-0.2, 0) is 4.79 Å². The molecule has 0 aromatic rings. The summed E-state index contributed by atoms with van der Waals surface area (Å²) in [5.41, 5.74) is 5.80. The van der Waals surface area contributed by atoms with Crippen LogP contribution < -0.4 is 16.4 Å². The Morgan fingerprint density at radius 1 is 1.33 bits per heavy atom. The van der Waals surface area contributed by atoms with E-state index >= 15 is 0 Å². The summed E-state index contributed by atoms with van der Waals surface area (Å²) in [4.78, 5) is 25.7. The van der Waals surface area contributed by atoms with E-state index in [0.717, 1.165) is 19.4 Å². The molecule has 1 saturated carbocycles. The molecule has 6 heteroatoms. The Labute approximate surface area is 127 Å². The van der Waals surface area contributed by atoms with E-state index in [4.69, 9.17) is 5.73 Å². The van der Waals surface area contributed by atoms with E-state index < -0.39 is 6.03 Å². The lowest BCUT2D eigenvalue weighted by Crippen LogP contribution is -2.49. The largest absolute Gasteiger partial charge is 0.338 e. The molecule has 21 heavy (non-hydrogen) atoms. The Kier molecular flexibility index (Phi) is 7.67. The van der Waals surface area contributed by atoms with Gasteiger partial charge in [0.25, 0.3) is 0 Å². The molecule has 122 valence electrons. The third-order valence-electron chi connectivity index (χ3n) is 4.07. The average molecular weight is 298 g/mol. The van der Waals surface area contributed by atoms with Crippen molar-refractivity contribution >= 4 is 11.9 Å². The molecule has 1 aliphatic rings. The molecule has 1 rings (SSSR count). The van der Waals surface area contributed by atoms with Gasteiger partial charge in [-0.05, 0) is 37.8 Å². The summed E-state index contributed by atoms with van der Waals surface area (Å²) in [5.74, 6) is 0.579. The molecule has 2 unspecified atom stereocenters. The zero-order valence-electron chi connectivity index (χ0n) is 13.5. The molecule has 0 heterocycles. The van der Waals surface area contributed by atoms with E-state index in [0.29, 0.717) is 31.0 Å². The van der Waals surface area contributed by atoms with Gasteiger partial charge in [0, 0.05) is 12.6 Å². The summed E-state index contributed by atoms with van der Waals surface area (Å²) in [7, 11) is 0. The molecule has 1 aliphatic carbocycles. The van der Waals surface area contributed by atoms with E-state index in [1.54, 1.807) is 0 Å². The third kappa shape index (κ3) is 6.01. The van der Waals surface area contributed by atoms with E-state index in [-0.39, 0.29) is 12.5 Å². The van der Waals surface area contributed by atoms with Crippen LogP contribution in [0.25, 0.3) is 0 Å². The van der Waals surface area contributed by atoms with Crippen molar-refractivity contribution in [1.82, 2.24) is 15.5 Å². The number of nitrogens with zero attached hydrogens (tertiary/aromatic N) is 1. The minimum absolute atomic E-state index is 0.249. The number of nitrogens with one attached hydrogen (secondary N) is 2. The first-order valence-corrected chi connectivity index (χ1v) is 7.99. The molecule has 0 radical (unpaired) electrons. The lowest BCUT2D eigenvalue weighted by molar-refractivity contribution is -0.121. The summed E-state index contributed by atoms with van der Waals surface area (Å²) in [6, 6.07) is -0.0453.